The van der Waals surface area contributed by atoms with Crippen molar-refractivity contribution in [2.24, 2.45) is 0 Å². The lowest BCUT2D eigenvalue weighted by Gasteiger charge is -2.08. The number of amides is 1. The molecule has 0 bridgehead atoms. The number of nitriles is 1. The van der Waals surface area contributed by atoms with Crippen molar-refractivity contribution < 1.29 is 4.79 Å². The summed E-state index contributed by atoms with van der Waals surface area (Å²) in [5.74, 6) is -0.224. The summed E-state index contributed by atoms with van der Waals surface area (Å²) in [5.41, 5.74) is 8.77. The van der Waals surface area contributed by atoms with Gasteiger partial charge in [-0.05, 0) is 48.9 Å². The minimum atomic E-state index is -0.224. The molecule has 2 aromatic carbocycles. The van der Waals surface area contributed by atoms with Crippen LogP contribution in [0.25, 0.3) is 0 Å². The van der Waals surface area contributed by atoms with Crippen LogP contribution in [-0.2, 0) is 0 Å². The topological polar surface area (TPSA) is 78.9 Å². The van der Waals surface area contributed by atoms with E-state index in [-0.39, 0.29) is 5.91 Å². The molecular weight excluding hydrogens is 238 g/mol. The number of anilines is 2. The zero-order valence-electron chi connectivity index (χ0n) is 10.5. The molecule has 0 unspecified atom stereocenters. The maximum absolute atomic E-state index is 12.0. The zero-order chi connectivity index (χ0) is 13.8. The van der Waals surface area contributed by atoms with Crippen molar-refractivity contribution in [3.05, 3.63) is 59.2 Å². The second-order valence-corrected chi connectivity index (χ2v) is 4.22. The van der Waals surface area contributed by atoms with Crippen molar-refractivity contribution in [1.29, 1.82) is 5.26 Å². The van der Waals surface area contributed by atoms with Crippen LogP contribution < -0.4 is 11.1 Å². The monoisotopic (exact) mass is 251 g/mol. The Morgan fingerprint density at radius 2 is 1.89 bits per heavy atom. The summed E-state index contributed by atoms with van der Waals surface area (Å²) in [6, 6.07) is 13.9. The molecule has 0 aliphatic rings. The Labute approximate surface area is 111 Å². The van der Waals surface area contributed by atoms with E-state index < -0.39 is 0 Å². The molecule has 4 nitrogen and oxygen atoms in total. The molecule has 0 atom stereocenters. The fourth-order valence-electron chi connectivity index (χ4n) is 1.66. The van der Waals surface area contributed by atoms with Gasteiger partial charge in [0, 0.05) is 16.9 Å². The first-order chi connectivity index (χ1) is 9.10. The van der Waals surface area contributed by atoms with Gasteiger partial charge in [0.25, 0.3) is 5.91 Å². The number of hydrogen-bond donors (Lipinski definition) is 2. The van der Waals surface area contributed by atoms with Crippen LogP contribution in [-0.4, -0.2) is 5.91 Å². The number of carbonyl (C=O) groups is 1. The fraction of sp³-hybridized carbons (Fsp3) is 0.0667. The number of benzene rings is 2. The van der Waals surface area contributed by atoms with Crippen LogP contribution in [0.3, 0.4) is 0 Å². The molecule has 0 saturated carbocycles. The standard InChI is InChI=1S/C15H13N3O/c1-10-2-3-11(9-16)8-14(10)18-15(19)12-4-6-13(17)7-5-12/h2-8H,17H2,1H3,(H,18,19). The quantitative estimate of drug-likeness (QED) is 0.805. The highest BCUT2D eigenvalue weighted by Gasteiger charge is 2.08. The molecule has 0 spiro atoms. The average molecular weight is 251 g/mol. The first-order valence-electron chi connectivity index (χ1n) is 5.78. The highest BCUT2D eigenvalue weighted by molar-refractivity contribution is 6.04. The third-order valence-electron chi connectivity index (χ3n) is 2.79. The van der Waals surface area contributed by atoms with Crippen LogP contribution >= 0.6 is 0 Å². The molecule has 4 heteroatoms. The number of nitrogens with two attached hydrogens (primary N) is 1. The molecule has 2 rings (SSSR count). The molecular formula is C15H13N3O. The number of carbonyl (C=O) groups excluding carboxylic acids is 1. The summed E-state index contributed by atoms with van der Waals surface area (Å²) >= 11 is 0. The van der Waals surface area contributed by atoms with Gasteiger partial charge in [0.05, 0.1) is 11.6 Å². The SMILES string of the molecule is Cc1ccc(C#N)cc1NC(=O)c1ccc(N)cc1. The van der Waals surface area contributed by atoms with E-state index in [1.807, 2.05) is 13.0 Å². The number of rotatable bonds is 2. The molecule has 0 heterocycles. The summed E-state index contributed by atoms with van der Waals surface area (Å²) in [7, 11) is 0. The number of hydrogen-bond acceptors (Lipinski definition) is 3. The van der Waals surface area contributed by atoms with Crippen LogP contribution in [0.1, 0.15) is 21.5 Å². The number of nitrogens with one attached hydrogen (secondary N) is 1. The van der Waals surface area contributed by atoms with Crippen molar-refractivity contribution in [2.45, 2.75) is 6.92 Å². The molecule has 19 heavy (non-hydrogen) atoms. The van der Waals surface area contributed by atoms with Gasteiger partial charge in [-0.2, -0.15) is 5.26 Å². The molecule has 0 fully saturated rings. The Bertz CT molecular complexity index is 654. The summed E-state index contributed by atoms with van der Waals surface area (Å²) in [5, 5.41) is 11.6. The largest absolute Gasteiger partial charge is 0.399 e. The molecule has 3 N–H and O–H groups in total. The normalized spacial score (nSPS) is 9.68. The smallest absolute Gasteiger partial charge is 0.255 e. The maximum atomic E-state index is 12.0. The molecule has 2 aromatic rings. The van der Waals surface area contributed by atoms with E-state index in [1.165, 1.54) is 0 Å². The van der Waals surface area contributed by atoms with Crippen LogP contribution in [0.4, 0.5) is 11.4 Å². The van der Waals surface area contributed by atoms with Crippen LogP contribution in [0, 0.1) is 18.3 Å². The molecule has 1 amide bonds. The minimum Gasteiger partial charge on any atom is -0.399 e. The maximum Gasteiger partial charge on any atom is 0.255 e. The van der Waals surface area contributed by atoms with E-state index >= 15 is 0 Å². The summed E-state index contributed by atoms with van der Waals surface area (Å²) in [6.07, 6.45) is 0. The van der Waals surface area contributed by atoms with E-state index in [0.717, 1.165) is 5.56 Å². The van der Waals surface area contributed by atoms with Gasteiger partial charge in [0.15, 0.2) is 0 Å². The zero-order valence-corrected chi connectivity index (χ0v) is 10.5. The van der Waals surface area contributed by atoms with Gasteiger partial charge >= 0.3 is 0 Å². The van der Waals surface area contributed by atoms with Crippen molar-refractivity contribution in [3.8, 4) is 6.07 Å². The molecule has 0 aliphatic heterocycles. The predicted molar refractivity (Wildman–Crippen MR) is 74.7 cm³/mol. The first-order valence-corrected chi connectivity index (χ1v) is 5.78. The average Bonchev–Trinajstić information content (AvgIpc) is 2.42. The van der Waals surface area contributed by atoms with Gasteiger partial charge in [-0.15, -0.1) is 0 Å². The number of nitrogens with zero attached hydrogens (tertiary/aromatic N) is 1. The Hall–Kier alpha value is -2.80. The van der Waals surface area contributed by atoms with E-state index in [4.69, 9.17) is 11.0 Å². The van der Waals surface area contributed by atoms with Gasteiger partial charge in [0.2, 0.25) is 0 Å². The van der Waals surface area contributed by atoms with Gasteiger partial charge in [0.1, 0.15) is 0 Å². The summed E-state index contributed by atoms with van der Waals surface area (Å²) in [6.45, 7) is 1.87. The highest BCUT2D eigenvalue weighted by atomic mass is 16.1. The van der Waals surface area contributed by atoms with Gasteiger partial charge in [-0.25, -0.2) is 0 Å². The number of aryl methyl sites for hydroxylation is 1. The van der Waals surface area contributed by atoms with E-state index in [2.05, 4.69) is 5.32 Å². The van der Waals surface area contributed by atoms with Crippen molar-refractivity contribution in [2.75, 3.05) is 11.1 Å². The van der Waals surface area contributed by atoms with E-state index in [0.29, 0.717) is 22.5 Å². The molecule has 0 aromatic heterocycles. The summed E-state index contributed by atoms with van der Waals surface area (Å²) in [4.78, 5) is 12.0. The van der Waals surface area contributed by atoms with E-state index in [9.17, 15) is 4.79 Å². The van der Waals surface area contributed by atoms with Gasteiger partial charge in [-0.3, -0.25) is 4.79 Å². The van der Waals surface area contributed by atoms with Crippen LogP contribution in [0.15, 0.2) is 42.5 Å². The lowest BCUT2D eigenvalue weighted by Crippen LogP contribution is -2.12. The van der Waals surface area contributed by atoms with Gasteiger partial charge in [-0.1, -0.05) is 6.07 Å². The highest BCUT2D eigenvalue weighted by Crippen LogP contribution is 2.17. The van der Waals surface area contributed by atoms with Crippen LogP contribution in [0.5, 0.6) is 0 Å². The van der Waals surface area contributed by atoms with Crippen molar-refractivity contribution in [3.63, 3.8) is 0 Å². The Balaban J connectivity index is 2.24. The fourth-order valence-corrected chi connectivity index (χ4v) is 1.66. The first kappa shape index (κ1) is 12.7. The molecule has 0 aliphatic carbocycles. The second kappa shape index (κ2) is 5.23. The third-order valence-corrected chi connectivity index (χ3v) is 2.79. The molecule has 0 radical (unpaired) electrons. The molecule has 0 saturated heterocycles. The minimum absolute atomic E-state index is 0.224. The van der Waals surface area contributed by atoms with Crippen molar-refractivity contribution in [1.82, 2.24) is 0 Å². The lowest BCUT2D eigenvalue weighted by molar-refractivity contribution is 0.102. The second-order valence-electron chi connectivity index (χ2n) is 4.22. The predicted octanol–water partition coefficient (Wildman–Crippen LogP) is 2.70. The Morgan fingerprint density at radius 3 is 2.53 bits per heavy atom. The summed E-state index contributed by atoms with van der Waals surface area (Å²) < 4.78 is 0. The molecule has 94 valence electrons. The van der Waals surface area contributed by atoms with Crippen LogP contribution in [0.2, 0.25) is 0 Å². The third kappa shape index (κ3) is 2.90. The number of nitrogen functional groups attached to an aromatic ring is 1. The van der Waals surface area contributed by atoms with Crippen molar-refractivity contribution >= 4 is 17.3 Å². The van der Waals surface area contributed by atoms with Gasteiger partial charge < -0.3 is 11.1 Å². The Morgan fingerprint density at radius 1 is 1.21 bits per heavy atom. The van der Waals surface area contributed by atoms with E-state index in [1.54, 1.807) is 42.5 Å². The lowest BCUT2D eigenvalue weighted by atomic mass is 10.1. The Kier molecular flexibility index (Phi) is 3.48.